The maximum absolute atomic E-state index is 14.4. The van der Waals surface area contributed by atoms with Crippen LogP contribution in [-0.4, -0.2) is 32.2 Å². The molecule has 0 saturated carbocycles. The Kier molecular flexibility index (Phi) is 7.21. The number of carbonyl (C=O) groups excluding carboxylic acids is 1. The quantitative estimate of drug-likeness (QED) is 0.606. The molecule has 1 amide bonds. The zero-order valence-corrected chi connectivity index (χ0v) is 16.5. The summed E-state index contributed by atoms with van der Waals surface area (Å²) in [6, 6.07) is 9.05. The topological polar surface area (TPSA) is 50.8 Å². The predicted octanol–water partition coefficient (Wildman–Crippen LogP) is 5.08. The molecule has 1 aliphatic heterocycles. The average molecular weight is 420 g/mol. The molecule has 1 heterocycles. The minimum atomic E-state index is -2.97. The first kappa shape index (κ1) is 21.5. The normalized spacial score (nSPS) is 13.8. The third kappa shape index (κ3) is 5.46. The first-order valence-electron chi connectivity index (χ1n) is 9.72. The van der Waals surface area contributed by atoms with Crippen LogP contribution in [0.25, 0.3) is 6.08 Å². The number of carbonyl (C=O) groups is 1. The molecule has 0 atom stereocenters. The fourth-order valence-corrected chi connectivity index (χ4v) is 3.28. The van der Waals surface area contributed by atoms with Gasteiger partial charge in [-0.05, 0) is 55.7 Å². The van der Waals surface area contributed by atoms with E-state index in [4.69, 9.17) is 4.74 Å². The zero-order valence-electron chi connectivity index (χ0n) is 16.5. The number of benzene rings is 2. The van der Waals surface area contributed by atoms with Crippen molar-refractivity contribution in [1.29, 1.82) is 0 Å². The number of rotatable bonds is 8. The highest BCUT2D eigenvalue weighted by Crippen LogP contribution is 2.32. The fraction of sp³-hybridized carbons (Fsp3) is 0.318. The number of alkyl halides is 2. The smallest absolute Gasteiger partial charge is 0.387 e. The van der Waals surface area contributed by atoms with Crippen molar-refractivity contribution >= 4 is 23.4 Å². The molecule has 1 aliphatic rings. The molecule has 0 aliphatic carbocycles. The van der Waals surface area contributed by atoms with Crippen LogP contribution >= 0.6 is 0 Å². The van der Waals surface area contributed by atoms with E-state index in [1.54, 1.807) is 19.1 Å². The summed E-state index contributed by atoms with van der Waals surface area (Å²) in [6.07, 6.45) is 4.79. The highest BCUT2D eigenvalue weighted by atomic mass is 19.3. The number of para-hydroxylation sites is 1. The molecular weight excluding hydrogens is 397 g/mol. The van der Waals surface area contributed by atoms with Crippen molar-refractivity contribution in [2.45, 2.75) is 26.4 Å². The molecule has 1 fully saturated rings. The molecule has 5 nitrogen and oxygen atoms in total. The minimum Gasteiger partial charge on any atom is -0.490 e. The molecule has 0 unspecified atom stereocenters. The summed E-state index contributed by atoms with van der Waals surface area (Å²) < 4.78 is 49.1. The fourth-order valence-electron chi connectivity index (χ4n) is 3.28. The monoisotopic (exact) mass is 420 g/mol. The standard InChI is InChI=1S/C22H23F3N2O3/c1-2-29-19-14-15(8-10-18(19)30-22(24)25)9-11-20(28)26-21-16(23)6-5-7-17(21)27-12-3-4-13-27/h5-11,14,22H,2-4,12-13H2,1H3,(H,26,28)/b11-9+. The Hall–Kier alpha value is -3.16. The van der Waals surface area contributed by atoms with Gasteiger partial charge in [-0.15, -0.1) is 0 Å². The van der Waals surface area contributed by atoms with Gasteiger partial charge in [0.2, 0.25) is 5.91 Å². The summed E-state index contributed by atoms with van der Waals surface area (Å²) in [5, 5.41) is 2.61. The van der Waals surface area contributed by atoms with E-state index in [0.717, 1.165) is 25.9 Å². The number of anilines is 2. The molecule has 0 radical (unpaired) electrons. The Labute approximate surface area is 173 Å². The molecule has 0 aromatic heterocycles. The second kappa shape index (κ2) is 10.0. The predicted molar refractivity (Wildman–Crippen MR) is 110 cm³/mol. The van der Waals surface area contributed by atoms with E-state index in [-0.39, 0.29) is 23.8 Å². The first-order valence-corrected chi connectivity index (χ1v) is 9.72. The van der Waals surface area contributed by atoms with Gasteiger partial charge in [0.05, 0.1) is 12.3 Å². The van der Waals surface area contributed by atoms with Gasteiger partial charge >= 0.3 is 6.61 Å². The number of ether oxygens (including phenoxy) is 2. The summed E-state index contributed by atoms with van der Waals surface area (Å²) in [7, 11) is 0. The van der Waals surface area contributed by atoms with Crippen molar-refractivity contribution in [2.75, 3.05) is 29.9 Å². The van der Waals surface area contributed by atoms with Crippen LogP contribution in [0.2, 0.25) is 0 Å². The van der Waals surface area contributed by atoms with Gasteiger partial charge in [-0.2, -0.15) is 8.78 Å². The lowest BCUT2D eigenvalue weighted by Crippen LogP contribution is -2.21. The lowest BCUT2D eigenvalue weighted by atomic mass is 10.2. The van der Waals surface area contributed by atoms with Crippen molar-refractivity contribution in [3.05, 3.63) is 53.9 Å². The Balaban J connectivity index is 1.74. The van der Waals surface area contributed by atoms with Crippen LogP contribution in [-0.2, 0) is 4.79 Å². The SMILES string of the molecule is CCOc1cc(/C=C/C(=O)Nc2c(F)cccc2N2CCCC2)ccc1OC(F)F. The number of halogens is 3. The molecule has 8 heteroatoms. The number of hydrogen-bond acceptors (Lipinski definition) is 4. The van der Waals surface area contributed by atoms with Gasteiger partial charge in [0.1, 0.15) is 11.5 Å². The second-order valence-corrected chi connectivity index (χ2v) is 6.67. The molecule has 160 valence electrons. The van der Waals surface area contributed by atoms with Crippen molar-refractivity contribution in [3.63, 3.8) is 0 Å². The Morgan fingerprint density at radius 2 is 1.97 bits per heavy atom. The van der Waals surface area contributed by atoms with E-state index in [1.807, 2.05) is 4.90 Å². The summed E-state index contributed by atoms with van der Waals surface area (Å²) >= 11 is 0. The summed E-state index contributed by atoms with van der Waals surface area (Å²) in [5.74, 6) is -0.958. The van der Waals surface area contributed by atoms with Crippen molar-refractivity contribution < 1.29 is 27.4 Å². The van der Waals surface area contributed by atoms with Crippen LogP contribution in [0.1, 0.15) is 25.3 Å². The summed E-state index contributed by atoms with van der Waals surface area (Å²) in [6.45, 7) is 0.640. The molecule has 2 aromatic carbocycles. The molecule has 30 heavy (non-hydrogen) atoms. The lowest BCUT2D eigenvalue weighted by Gasteiger charge is -2.21. The van der Waals surface area contributed by atoms with Crippen LogP contribution in [0.4, 0.5) is 24.5 Å². The minimum absolute atomic E-state index is 0.0879. The van der Waals surface area contributed by atoms with Gasteiger partial charge in [-0.25, -0.2) is 4.39 Å². The lowest BCUT2D eigenvalue weighted by molar-refractivity contribution is -0.111. The van der Waals surface area contributed by atoms with Crippen molar-refractivity contribution in [2.24, 2.45) is 0 Å². The third-order valence-electron chi connectivity index (χ3n) is 4.60. The van der Waals surface area contributed by atoms with E-state index in [2.05, 4.69) is 10.1 Å². The molecule has 0 spiro atoms. The Morgan fingerprint density at radius 1 is 1.20 bits per heavy atom. The number of amides is 1. The van der Waals surface area contributed by atoms with Gasteiger partial charge in [-0.3, -0.25) is 4.79 Å². The summed E-state index contributed by atoms with van der Waals surface area (Å²) in [5.41, 5.74) is 1.34. The molecular formula is C22H23F3N2O3. The largest absolute Gasteiger partial charge is 0.490 e. The number of hydrogen-bond donors (Lipinski definition) is 1. The van der Waals surface area contributed by atoms with Crippen molar-refractivity contribution in [1.82, 2.24) is 0 Å². The van der Waals surface area contributed by atoms with Gasteiger partial charge in [0, 0.05) is 19.2 Å². The van der Waals surface area contributed by atoms with Crippen LogP contribution in [0.15, 0.2) is 42.5 Å². The van der Waals surface area contributed by atoms with E-state index >= 15 is 0 Å². The van der Waals surface area contributed by atoms with Crippen LogP contribution < -0.4 is 19.7 Å². The second-order valence-electron chi connectivity index (χ2n) is 6.67. The van der Waals surface area contributed by atoms with Gasteiger partial charge in [-0.1, -0.05) is 12.1 Å². The molecule has 3 rings (SSSR count). The average Bonchev–Trinajstić information content (AvgIpc) is 3.24. The van der Waals surface area contributed by atoms with E-state index in [9.17, 15) is 18.0 Å². The van der Waals surface area contributed by atoms with Gasteiger partial charge in [0.25, 0.3) is 0 Å². The van der Waals surface area contributed by atoms with Crippen LogP contribution in [0.3, 0.4) is 0 Å². The number of nitrogens with one attached hydrogen (secondary N) is 1. The van der Waals surface area contributed by atoms with Crippen LogP contribution in [0, 0.1) is 5.82 Å². The highest BCUT2D eigenvalue weighted by Gasteiger charge is 2.19. The van der Waals surface area contributed by atoms with Crippen LogP contribution in [0.5, 0.6) is 11.5 Å². The van der Waals surface area contributed by atoms with E-state index < -0.39 is 18.3 Å². The first-order chi connectivity index (χ1) is 14.5. The maximum Gasteiger partial charge on any atom is 0.387 e. The van der Waals surface area contributed by atoms with E-state index in [0.29, 0.717) is 11.3 Å². The summed E-state index contributed by atoms with van der Waals surface area (Å²) in [4.78, 5) is 14.4. The van der Waals surface area contributed by atoms with Gasteiger partial charge < -0.3 is 19.7 Å². The van der Waals surface area contributed by atoms with Gasteiger partial charge in [0.15, 0.2) is 11.5 Å². The molecule has 0 bridgehead atoms. The zero-order chi connectivity index (χ0) is 21.5. The molecule has 2 aromatic rings. The maximum atomic E-state index is 14.4. The third-order valence-corrected chi connectivity index (χ3v) is 4.60. The Morgan fingerprint density at radius 3 is 2.67 bits per heavy atom. The molecule has 1 saturated heterocycles. The Bertz CT molecular complexity index is 912. The van der Waals surface area contributed by atoms with Crippen molar-refractivity contribution in [3.8, 4) is 11.5 Å². The molecule has 1 N–H and O–H groups in total. The highest BCUT2D eigenvalue weighted by molar-refractivity contribution is 6.04. The number of nitrogens with zero attached hydrogens (tertiary/aromatic N) is 1. The van der Waals surface area contributed by atoms with E-state index in [1.165, 1.54) is 36.4 Å².